The van der Waals surface area contributed by atoms with Crippen molar-refractivity contribution in [3.05, 3.63) is 11.6 Å². The lowest BCUT2D eigenvalue weighted by Crippen LogP contribution is -2.33. The molecular weight excluding hydrogens is 590 g/mol. The summed E-state index contributed by atoms with van der Waals surface area (Å²) in [6.07, 6.45) is -3.93. The van der Waals surface area contributed by atoms with Crippen molar-refractivity contribution in [3.8, 4) is 0 Å². The number of carboxylic acids is 1. The Hall–Kier alpha value is -2.11. The molecule has 0 spiro atoms. The van der Waals surface area contributed by atoms with Crippen LogP contribution >= 0.6 is 19.4 Å². The van der Waals surface area contributed by atoms with E-state index in [1.54, 1.807) is 13.8 Å². The number of hydrogen-bond acceptors (Lipinski definition) is 12. The zero-order valence-corrected chi connectivity index (χ0v) is 23.1. The highest BCUT2D eigenvalue weighted by atomic mass is 35.5. The summed E-state index contributed by atoms with van der Waals surface area (Å²) in [5.74, 6) is -2.24. The Balaban J connectivity index is 0.000000559. The van der Waals surface area contributed by atoms with Gasteiger partial charge in [0.15, 0.2) is 23.2 Å². The van der Waals surface area contributed by atoms with Gasteiger partial charge in [0.05, 0.1) is 26.1 Å². The summed E-state index contributed by atoms with van der Waals surface area (Å²) in [6.45, 7) is 3.24. The zero-order chi connectivity index (χ0) is 29.7. The van der Waals surface area contributed by atoms with Gasteiger partial charge in [-0.25, -0.2) is 14.3 Å². The molecule has 2 aromatic heterocycles. The van der Waals surface area contributed by atoms with Gasteiger partial charge in [-0.3, -0.25) is 18.1 Å². The first-order chi connectivity index (χ1) is 18.8. The first kappa shape index (κ1) is 32.4. The molecule has 1 aliphatic carbocycles. The second-order valence-corrected chi connectivity index (χ2v) is 10.7. The van der Waals surface area contributed by atoms with Crippen molar-refractivity contribution >= 4 is 42.4 Å². The van der Waals surface area contributed by atoms with Crippen molar-refractivity contribution in [1.82, 2.24) is 19.5 Å². The molecule has 1 saturated carbocycles. The van der Waals surface area contributed by atoms with Crippen LogP contribution in [0.2, 0.25) is 5.28 Å². The number of aliphatic hydroxyl groups excluding tert-OH is 2. The fourth-order valence-corrected chi connectivity index (χ4v) is 5.48. The van der Waals surface area contributed by atoms with E-state index < -0.39 is 44.5 Å². The number of phosphoric acid groups is 1. The number of rotatable bonds is 10. The molecule has 0 amide bonds. The van der Waals surface area contributed by atoms with E-state index in [0.29, 0.717) is 17.0 Å². The number of phosphoric ester groups is 1. The lowest BCUT2D eigenvalue weighted by Gasteiger charge is -2.20. The number of nitrogens with zero attached hydrogens (tertiary/aromatic N) is 4. The fourth-order valence-electron chi connectivity index (χ4n) is 4.13. The number of imidazole rings is 1. The minimum absolute atomic E-state index is 0.0204. The van der Waals surface area contributed by atoms with Crippen molar-refractivity contribution in [2.75, 3.05) is 25.1 Å². The van der Waals surface area contributed by atoms with Gasteiger partial charge < -0.3 is 25.4 Å². The second-order valence-electron chi connectivity index (χ2n) is 8.72. The summed E-state index contributed by atoms with van der Waals surface area (Å²) < 4.78 is 67.1. The number of ether oxygens (including phenoxy) is 1. The van der Waals surface area contributed by atoms with Crippen LogP contribution in [0.25, 0.3) is 11.2 Å². The van der Waals surface area contributed by atoms with Crippen molar-refractivity contribution in [3.63, 3.8) is 0 Å². The van der Waals surface area contributed by atoms with Crippen LogP contribution in [-0.4, -0.2) is 91.2 Å². The number of carboxylic acid groups (broad SMARTS) is 1. The highest BCUT2D eigenvalue weighted by Crippen LogP contribution is 2.50. The molecule has 0 aromatic carbocycles. The van der Waals surface area contributed by atoms with Crippen LogP contribution in [0.1, 0.15) is 45.8 Å². The summed E-state index contributed by atoms with van der Waals surface area (Å²) in [6, 6.07) is 0.285. The Morgan fingerprint density at radius 3 is 2.33 bits per heavy atom. The molecule has 0 unspecified atom stereocenters. The summed E-state index contributed by atoms with van der Waals surface area (Å²) in [5, 5.41) is 31.7. The molecule has 40 heavy (non-hydrogen) atoms. The van der Waals surface area contributed by atoms with Gasteiger partial charge >= 0.3 is 20.0 Å². The van der Waals surface area contributed by atoms with Crippen LogP contribution < -0.4 is 5.32 Å². The summed E-state index contributed by atoms with van der Waals surface area (Å²) in [7, 11) is -3.80. The van der Waals surface area contributed by atoms with Crippen LogP contribution in [0, 0.1) is 0 Å². The first-order valence-corrected chi connectivity index (χ1v) is 14.2. The maximum atomic E-state index is 12.5. The average Bonchev–Trinajstić information content (AvgIpc) is 3.59. The number of aliphatic hydroxyl groups is 2. The average molecular weight is 620 g/mol. The normalized spacial score (nSPS) is 23.8. The molecule has 19 heteroatoms. The van der Waals surface area contributed by atoms with Gasteiger partial charge in [-0.05, 0) is 38.3 Å². The Kier molecular flexibility index (Phi) is 11.1. The van der Waals surface area contributed by atoms with E-state index >= 15 is 0 Å². The first-order valence-electron chi connectivity index (χ1n) is 12.3. The van der Waals surface area contributed by atoms with E-state index in [9.17, 15) is 27.9 Å². The predicted molar refractivity (Wildman–Crippen MR) is 133 cm³/mol. The molecule has 4 rings (SSSR count). The van der Waals surface area contributed by atoms with Gasteiger partial charge in [-0.2, -0.15) is 23.1 Å². The van der Waals surface area contributed by atoms with Gasteiger partial charge in [0.1, 0.15) is 18.3 Å². The van der Waals surface area contributed by atoms with Crippen molar-refractivity contribution in [2.45, 2.75) is 76.3 Å². The van der Waals surface area contributed by atoms with Gasteiger partial charge in [0.25, 0.3) is 0 Å². The predicted octanol–water partition coefficient (Wildman–Crippen LogP) is 3.28. The smallest absolute Gasteiger partial charge is 0.475 e. The molecule has 1 saturated heterocycles. The number of alkyl halides is 3. The molecule has 3 heterocycles. The molecule has 0 radical (unpaired) electrons. The van der Waals surface area contributed by atoms with E-state index in [0.717, 1.165) is 25.7 Å². The molecule has 2 fully saturated rings. The van der Waals surface area contributed by atoms with Crippen molar-refractivity contribution in [2.24, 2.45) is 0 Å². The summed E-state index contributed by atoms with van der Waals surface area (Å²) in [5.41, 5.74) is 0.830. The van der Waals surface area contributed by atoms with Crippen molar-refractivity contribution < 1.29 is 56.2 Å². The third kappa shape index (κ3) is 8.00. The minimum Gasteiger partial charge on any atom is -0.475 e. The molecule has 226 valence electrons. The number of fused-ring (bicyclic) bond motifs is 1. The monoisotopic (exact) mass is 619 g/mol. The molecule has 1 aliphatic heterocycles. The topological polar surface area (TPSA) is 187 Å². The SMILES string of the molecule is CCOP(=O)(OCC)OC[C@H]1O[C@@H](n2cnc3c(NC4CCCC4)nc(Cl)nc32)[C@H](O)[C@@H]1O.O=C(O)C(F)(F)F. The molecule has 14 nitrogen and oxygen atoms in total. The molecule has 2 aromatic rings. The lowest BCUT2D eigenvalue weighted by atomic mass is 10.1. The van der Waals surface area contributed by atoms with E-state index in [4.69, 9.17) is 39.8 Å². The third-order valence-corrected chi connectivity index (χ3v) is 7.70. The summed E-state index contributed by atoms with van der Waals surface area (Å²) >= 11 is 6.16. The highest BCUT2D eigenvalue weighted by molar-refractivity contribution is 7.48. The van der Waals surface area contributed by atoms with Gasteiger partial charge in [-0.1, -0.05) is 12.8 Å². The number of carbonyl (C=O) groups is 1. The number of nitrogens with one attached hydrogen (secondary N) is 1. The molecule has 0 bridgehead atoms. The van der Waals surface area contributed by atoms with E-state index in [1.165, 1.54) is 10.9 Å². The largest absolute Gasteiger partial charge is 0.490 e. The Labute approximate surface area is 231 Å². The Bertz CT molecular complexity index is 1190. The van der Waals surface area contributed by atoms with Crippen LogP contribution in [0.15, 0.2) is 6.33 Å². The maximum absolute atomic E-state index is 12.5. The quantitative estimate of drug-likeness (QED) is 0.224. The standard InChI is InChI=1S/C19H29ClN5O7P.C2HF3O2/c1-3-29-33(28,30-4-2)31-9-12-14(26)15(27)18(32-12)25-10-21-13-16(22-11-7-5-6-8-11)23-19(20)24-17(13)25;3-2(4,5)1(6)7/h10-12,14-15,18,26-27H,3-9H2,1-2H3,(H,22,23,24);(H,6,7)/t12-,14-,15-,18-;/m1./s1. The molecular formula is C21H30ClF3N5O9P. The molecule has 2 aliphatic rings. The van der Waals surface area contributed by atoms with Crippen molar-refractivity contribution in [1.29, 1.82) is 0 Å². The highest BCUT2D eigenvalue weighted by Gasteiger charge is 2.46. The summed E-state index contributed by atoms with van der Waals surface area (Å²) in [4.78, 5) is 21.8. The number of halogens is 4. The molecule has 4 N–H and O–H groups in total. The van der Waals surface area contributed by atoms with E-state index in [-0.39, 0.29) is 31.1 Å². The van der Waals surface area contributed by atoms with Crippen LogP contribution in [0.4, 0.5) is 19.0 Å². The van der Waals surface area contributed by atoms with E-state index in [1.807, 2.05) is 0 Å². The number of anilines is 1. The number of aromatic nitrogens is 4. The van der Waals surface area contributed by atoms with Crippen LogP contribution in [0.3, 0.4) is 0 Å². The third-order valence-electron chi connectivity index (χ3n) is 5.92. The van der Waals surface area contributed by atoms with Gasteiger partial charge in [0, 0.05) is 6.04 Å². The second kappa shape index (κ2) is 13.7. The van der Waals surface area contributed by atoms with Gasteiger partial charge in [-0.15, -0.1) is 0 Å². The van der Waals surface area contributed by atoms with E-state index in [2.05, 4.69) is 20.3 Å². The number of hydrogen-bond donors (Lipinski definition) is 4. The lowest BCUT2D eigenvalue weighted by molar-refractivity contribution is -0.192. The fraction of sp³-hybridized carbons (Fsp3) is 0.714. The Morgan fingerprint density at radius 2 is 1.77 bits per heavy atom. The maximum Gasteiger partial charge on any atom is 0.490 e. The van der Waals surface area contributed by atoms with Crippen LogP contribution in [-0.2, 0) is 27.7 Å². The molecule has 4 atom stereocenters. The van der Waals surface area contributed by atoms with Gasteiger partial charge in [0.2, 0.25) is 5.28 Å². The van der Waals surface area contributed by atoms with Crippen LogP contribution in [0.5, 0.6) is 0 Å². The minimum atomic E-state index is -5.08. The zero-order valence-electron chi connectivity index (χ0n) is 21.5. The number of aliphatic carboxylic acids is 1. The Morgan fingerprint density at radius 1 is 1.18 bits per heavy atom.